The number of piperidine rings is 2. The molecule has 6 aromatic rings. The zero-order valence-corrected chi connectivity index (χ0v) is 35.7. The molecule has 2 fully saturated rings. The molecule has 318 valence electrons. The predicted octanol–water partition coefficient (Wildman–Crippen LogP) is 8.63. The van der Waals surface area contributed by atoms with E-state index < -0.39 is 18.1 Å². The maximum atomic E-state index is 13.0. The van der Waals surface area contributed by atoms with Crippen LogP contribution < -0.4 is 20.5 Å². The van der Waals surface area contributed by atoms with Crippen molar-refractivity contribution in [2.45, 2.75) is 70.1 Å². The molecular weight excluding hydrogens is 825 g/mol. The molecule has 0 radical (unpaired) electrons. The van der Waals surface area contributed by atoms with Gasteiger partial charge in [0.05, 0.1) is 5.56 Å². The van der Waals surface area contributed by atoms with Gasteiger partial charge in [-0.2, -0.15) is 0 Å². The number of nitrogens with two attached hydrogens (primary N) is 1. The summed E-state index contributed by atoms with van der Waals surface area (Å²) in [5.41, 5.74) is 12.8. The number of halogens is 2. The maximum Gasteiger partial charge on any atom is 0.263 e. The highest BCUT2D eigenvalue weighted by molar-refractivity contribution is 6.31. The number of carbonyl (C=O) groups excluding carboxylic acids is 3. The van der Waals surface area contributed by atoms with E-state index in [4.69, 9.17) is 38.4 Å². The number of hydrogen-bond donors (Lipinski definition) is 3. The van der Waals surface area contributed by atoms with Crippen LogP contribution in [-0.2, 0) is 29.0 Å². The summed E-state index contributed by atoms with van der Waals surface area (Å²) < 4.78 is 12.4. The van der Waals surface area contributed by atoms with E-state index in [1.54, 1.807) is 30.7 Å². The molecule has 2 unspecified atom stereocenters. The first-order chi connectivity index (χ1) is 30.2. The van der Waals surface area contributed by atoms with E-state index in [2.05, 4.69) is 32.4 Å². The molecule has 10 rings (SSSR count). The summed E-state index contributed by atoms with van der Waals surface area (Å²) in [6, 6.07) is 23.4. The molecule has 4 aliphatic rings. The molecule has 0 spiro atoms. The zero-order valence-electron chi connectivity index (χ0n) is 34.2. The molecule has 4 aliphatic heterocycles. The molecule has 3 aromatic heterocycles. The number of carbonyl (C=O) groups is 3. The lowest BCUT2D eigenvalue weighted by atomic mass is 9.97. The van der Waals surface area contributed by atoms with Gasteiger partial charge >= 0.3 is 0 Å². The normalized spacial score (nSPS) is 17.9. The summed E-state index contributed by atoms with van der Waals surface area (Å²) in [6.45, 7) is 3.89. The number of aromatic amines is 1. The number of fused-ring (bicyclic) bond motifs is 3. The number of anilines is 1. The Labute approximate surface area is 369 Å². The standard InChI is InChI=1S/C26H26ClN3O2.C22H21ClN4O3/c27-21-13-20-14-23(26(31)30-11-5-2-6-12-30)32-25(20)22(16-21)19-9-10-28-24(15-19)29-17-18-7-3-1-4-8-18;23-13-8-12-9-17(22(29)27-6-2-1-3-7-27)30-19(12)15(10-13)14-4-5-25-21-18(14)16(11-26-21)20(24)28/h1,3-4,7-10,13,15-16,23H,2,5-6,11-12,14,17H2,(H,28,29);4-5,8,10-11,17H,1-3,6-7,9H2,(H2,24,28)(H,25,26). The fourth-order valence-corrected chi connectivity index (χ4v) is 9.42. The van der Waals surface area contributed by atoms with E-state index >= 15 is 0 Å². The quantitative estimate of drug-likeness (QED) is 0.137. The van der Waals surface area contributed by atoms with Crippen molar-refractivity contribution in [3.63, 3.8) is 0 Å². The van der Waals surface area contributed by atoms with Gasteiger partial charge in [-0.15, -0.1) is 0 Å². The number of ether oxygens (including phenoxy) is 2. The predicted molar refractivity (Wildman–Crippen MR) is 241 cm³/mol. The molecule has 7 heterocycles. The summed E-state index contributed by atoms with van der Waals surface area (Å²) in [4.78, 5) is 53.5. The van der Waals surface area contributed by atoms with Crippen molar-refractivity contribution < 1.29 is 23.9 Å². The first kappa shape index (κ1) is 41.3. The Hall–Kier alpha value is -6.11. The highest BCUT2D eigenvalue weighted by Crippen LogP contribution is 2.45. The third-order valence-corrected chi connectivity index (χ3v) is 12.4. The smallest absolute Gasteiger partial charge is 0.263 e. The largest absolute Gasteiger partial charge is 0.479 e. The number of pyridine rings is 2. The number of benzene rings is 3. The van der Waals surface area contributed by atoms with Gasteiger partial charge in [0.25, 0.3) is 17.7 Å². The molecule has 3 aromatic carbocycles. The minimum Gasteiger partial charge on any atom is -0.479 e. The van der Waals surface area contributed by atoms with Crippen molar-refractivity contribution in [3.05, 3.63) is 124 Å². The second-order valence-corrected chi connectivity index (χ2v) is 17.1. The Morgan fingerprint density at radius 3 is 1.90 bits per heavy atom. The van der Waals surface area contributed by atoms with Crippen LogP contribution >= 0.6 is 23.2 Å². The van der Waals surface area contributed by atoms with Crippen LogP contribution in [0.1, 0.15) is 65.6 Å². The summed E-state index contributed by atoms with van der Waals surface area (Å²) in [6.07, 6.45) is 11.5. The summed E-state index contributed by atoms with van der Waals surface area (Å²) in [7, 11) is 0. The summed E-state index contributed by atoms with van der Waals surface area (Å²) in [5, 5.41) is 5.18. The highest BCUT2D eigenvalue weighted by Gasteiger charge is 2.36. The van der Waals surface area contributed by atoms with Crippen LogP contribution in [0.3, 0.4) is 0 Å². The fourth-order valence-electron chi connectivity index (χ4n) is 8.93. The van der Waals surface area contributed by atoms with Gasteiger partial charge in [-0.25, -0.2) is 9.97 Å². The molecule has 2 atom stereocenters. The van der Waals surface area contributed by atoms with Crippen molar-refractivity contribution >= 4 is 57.8 Å². The second kappa shape index (κ2) is 18.1. The molecule has 14 heteroatoms. The van der Waals surface area contributed by atoms with Crippen LogP contribution in [0.15, 0.2) is 91.4 Å². The van der Waals surface area contributed by atoms with Gasteiger partial charge in [0.1, 0.15) is 23.0 Å². The van der Waals surface area contributed by atoms with Gasteiger partial charge in [0.2, 0.25) is 0 Å². The Morgan fingerprint density at radius 1 is 0.710 bits per heavy atom. The lowest BCUT2D eigenvalue weighted by Gasteiger charge is -2.28. The topological polar surface area (TPSA) is 156 Å². The number of rotatable bonds is 8. The number of nitrogens with one attached hydrogen (secondary N) is 2. The lowest BCUT2D eigenvalue weighted by molar-refractivity contribution is -0.139. The van der Waals surface area contributed by atoms with Crippen LogP contribution in [-0.4, -0.2) is 80.9 Å². The van der Waals surface area contributed by atoms with E-state index in [1.165, 1.54) is 12.0 Å². The van der Waals surface area contributed by atoms with E-state index in [9.17, 15) is 14.4 Å². The van der Waals surface area contributed by atoms with Crippen molar-refractivity contribution in [1.29, 1.82) is 0 Å². The Kier molecular flexibility index (Phi) is 12.0. The Morgan fingerprint density at radius 2 is 1.29 bits per heavy atom. The zero-order chi connectivity index (χ0) is 42.7. The van der Waals surface area contributed by atoms with Crippen molar-refractivity contribution in [2.24, 2.45) is 5.73 Å². The minimum absolute atomic E-state index is 0.0207. The molecule has 12 nitrogen and oxygen atoms in total. The number of amides is 3. The van der Waals surface area contributed by atoms with Crippen LogP contribution in [0.4, 0.5) is 5.82 Å². The van der Waals surface area contributed by atoms with Crippen LogP contribution in [0.2, 0.25) is 10.0 Å². The number of nitrogens with zero attached hydrogens (tertiary/aromatic N) is 4. The van der Waals surface area contributed by atoms with Crippen LogP contribution in [0, 0.1) is 0 Å². The first-order valence-corrected chi connectivity index (χ1v) is 22.0. The number of primary amides is 1. The molecule has 0 saturated carbocycles. The van der Waals surface area contributed by atoms with E-state index in [1.807, 2.05) is 58.3 Å². The van der Waals surface area contributed by atoms with E-state index in [0.29, 0.717) is 51.8 Å². The Bertz CT molecular complexity index is 2640. The molecule has 0 aliphatic carbocycles. The van der Waals surface area contributed by atoms with E-state index in [0.717, 1.165) is 103 Å². The highest BCUT2D eigenvalue weighted by atomic mass is 35.5. The third-order valence-electron chi connectivity index (χ3n) is 12.0. The van der Waals surface area contributed by atoms with Gasteiger partial charge in [-0.1, -0.05) is 53.5 Å². The van der Waals surface area contributed by atoms with E-state index in [-0.39, 0.29) is 11.8 Å². The second-order valence-electron chi connectivity index (χ2n) is 16.2. The van der Waals surface area contributed by atoms with Crippen LogP contribution in [0.5, 0.6) is 11.5 Å². The number of aromatic nitrogens is 3. The van der Waals surface area contributed by atoms with Crippen molar-refractivity contribution in [1.82, 2.24) is 24.8 Å². The van der Waals surface area contributed by atoms with Gasteiger partial charge in [0.15, 0.2) is 12.2 Å². The van der Waals surface area contributed by atoms with Gasteiger partial charge in [-0.3, -0.25) is 14.4 Å². The monoisotopic (exact) mass is 871 g/mol. The number of likely N-dealkylation sites (tertiary alicyclic amines) is 2. The average Bonchev–Trinajstić information content (AvgIpc) is 4.06. The van der Waals surface area contributed by atoms with Gasteiger partial charge < -0.3 is 35.3 Å². The third kappa shape index (κ3) is 8.67. The fraction of sp³-hybridized carbons (Fsp3) is 0.312. The van der Waals surface area contributed by atoms with Gasteiger partial charge in [-0.05, 0) is 97.7 Å². The molecule has 3 amide bonds. The molecular formula is C48H47Cl2N7O5. The average molecular weight is 873 g/mol. The minimum atomic E-state index is -0.561. The summed E-state index contributed by atoms with van der Waals surface area (Å²) >= 11 is 12.9. The summed E-state index contributed by atoms with van der Waals surface area (Å²) in [5.74, 6) is 1.71. The van der Waals surface area contributed by atoms with Crippen LogP contribution in [0.25, 0.3) is 33.3 Å². The maximum absolute atomic E-state index is 13.0. The van der Waals surface area contributed by atoms with Crippen molar-refractivity contribution in [3.8, 4) is 33.8 Å². The van der Waals surface area contributed by atoms with Gasteiger partial charge in [0, 0.05) is 102 Å². The SMILES string of the molecule is NC(=O)c1c[nH]c2nccc(-c3cc(Cl)cc4c3OC(C(=O)N3CCCCC3)C4)c12.O=C(C1Cc2cc(Cl)cc(-c3ccnc(NCc4ccccc4)c3)c2O1)N1CCCCC1. The molecule has 4 N–H and O–H groups in total. The first-order valence-electron chi connectivity index (χ1n) is 21.3. The lowest BCUT2D eigenvalue weighted by Crippen LogP contribution is -2.43. The number of hydrogen-bond acceptors (Lipinski definition) is 8. The molecule has 0 bridgehead atoms. The molecule has 2 saturated heterocycles. The molecule has 62 heavy (non-hydrogen) atoms. The number of H-pyrrole nitrogens is 1. The Balaban J connectivity index is 0.000000158. The van der Waals surface area contributed by atoms with Crippen molar-refractivity contribution in [2.75, 3.05) is 31.5 Å².